The van der Waals surface area contributed by atoms with E-state index in [4.69, 9.17) is 0 Å². The second-order valence-electron chi connectivity index (χ2n) is 7.09. The Kier molecular flexibility index (Phi) is 6.64. The Balaban J connectivity index is 1.80. The van der Waals surface area contributed by atoms with Crippen LogP contribution in [0.25, 0.3) is 0 Å². The third kappa shape index (κ3) is 5.55. The van der Waals surface area contributed by atoms with Crippen molar-refractivity contribution < 1.29 is 14.7 Å². The normalized spacial score (nSPS) is 16.9. The van der Waals surface area contributed by atoms with Crippen LogP contribution in [0.5, 0.6) is 0 Å². The average molecular weight is 332 g/mol. The summed E-state index contributed by atoms with van der Waals surface area (Å²) in [6.07, 6.45) is 3.42. The van der Waals surface area contributed by atoms with Gasteiger partial charge in [-0.25, -0.2) is 9.59 Å². The van der Waals surface area contributed by atoms with Crippen LogP contribution in [0.2, 0.25) is 0 Å². The Morgan fingerprint density at radius 1 is 1.21 bits per heavy atom. The molecule has 0 unspecified atom stereocenters. The zero-order valence-corrected chi connectivity index (χ0v) is 14.6. The van der Waals surface area contributed by atoms with E-state index in [1.807, 2.05) is 19.9 Å². The minimum Gasteiger partial charge on any atom is -0.480 e. The van der Waals surface area contributed by atoms with E-state index in [1.165, 1.54) is 5.56 Å². The largest absolute Gasteiger partial charge is 0.480 e. The number of likely N-dealkylation sites (tertiary alicyclic amines) is 1. The molecule has 0 bridgehead atoms. The molecule has 1 atom stereocenters. The molecule has 2 rings (SSSR count). The minimum absolute atomic E-state index is 0.225. The van der Waals surface area contributed by atoms with Crippen LogP contribution >= 0.6 is 0 Å². The molecule has 1 fully saturated rings. The van der Waals surface area contributed by atoms with Crippen molar-refractivity contribution in [2.45, 2.75) is 45.6 Å². The van der Waals surface area contributed by atoms with Crippen molar-refractivity contribution in [2.24, 2.45) is 11.8 Å². The van der Waals surface area contributed by atoms with Gasteiger partial charge in [0.2, 0.25) is 0 Å². The van der Waals surface area contributed by atoms with Crippen LogP contribution in [0, 0.1) is 11.8 Å². The second-order valence-corrected chi connectivity index (χ2v) is 7.09. The van der Waals surface area contributed by atoms with Crippen LogP contribution in [-0.2, 0) is 11.2 Å². The Hall–Kier alpha value is -2.04. The molecule has 0 spiro atoms. The summed E-state index contributed by atoms with van der Waals surface area (Å²) in [6.45, 7) is 5.29. The highest BCUT2D eigenvalue weighted by Crippen LogP contribution is 2.21. The topological polar surface area (TPSA) is 69.6 Å². The number of rotatable bonds is 6. The van der Waals surface area contributed by atoms with Crippen molar-refractivity contribution in [2.75, 3.05) is 13.1 Å². The summed E-state index contributed by atoms with van der Waals surface area (Å²) in [4.78, 5) is 25.3. The molecule has 1 aliphatic heterocycles. The number of piperidine rings is 1. The van der Waals surface area contributed by atoms with E-state index in [0.717, 1.165) is 19.3 Å². The molecule has 0 radical (unpaired) electrons. The fourth-order valence-corrected chi connectivity index (χ4v) is 3.22. The smallest absolute Gasteiger partial charge is 0.326 e. The molecule has 0 saturated carbocycles. The molecule has 1 aromatic rings. The average Bonchev–Trinajstić information content (AvgIpc) is 2.55. The van der Waals surface area contributed by atoms with Gasteiger partial charge < -0.3 is 15.3 Å². The molecule has 24 heavy (non-hydrogen) atoms. The van der Waals surface area contributed by atoms with Gasteiger partial charge in [-0.15, -0.1) is 0 Å². The van der Waals surface area contributed by atoms with Gasteiger partial charge in [-0.1, -0.05) is 44.2 Å². The summed E-state index contributed by atoms with van der Waals surface area (Å²) in [6, 6.07) is 9.36. The molecule has 132 valence electrons. The standard InChI is InChI=1S/C19H28N2O3/c1-14(2)12-17(18(22)23)20-19(24)21-10-8-16(9-11-21)13-15-6-4-3-5-7-15/h3-7,14,16-17H,8-13H2,1-2H3,(H,20,24)(H,22,23)/t17-/m0/s1. The molecule has 0 aliphatic carbocycles. The highest BCUT2D eigenvalue weighted by Gasteiger charge is 2.27. The summed E-state index contributed by atoms with van der Waals surface area (Å²) >= 11 is 0. The number of carbonyl (C=O) groups is 2. The number of aliphatic carboxylic acids is 1. The van der Waals surface area contributed by atoms with Crippen LogP contribution in [0.15, 0.2) is 30.3 Å². The lowest BCUT2D eigenvalue weighted by atomic mass is 9.90. The van der Waals surface area contributed by atoms with Gasteiger partial charge >= 0.3 is 12.0 Å². The first-order valence-corrected chi connectivity index (χ1v) is 8.78. The highest BCUT2D eigenvalue weighted by molar-refractivity contribution is 5.82. The van der Waals surface area contributed by atoms with Crippen LogP contribution in [0.3, 0.4) is 0 Å². The number of hydrogen-bond acceptors (Lipinski definition) is 2. The van der Waals surface area contributed by atoms with E-state index in [0.29, 0.717) is 25.4 Å². The number of nitrogens with one attached hydrogen (secondary N) is 1. The lowest BCUT2D eigenvalue weighted by molar-refractivity contribution is -0.139. The van der Waals surface area contributed by atoms with E-state index in [1.54, 1.807) is 4.90 Å². The zero-order chi connectivity index (χ0) is 17.5. The van der Waals surface area contributed by atoms with Gasteiger partial charge in [0.05, 0.1) is 0 Å². The van der Waals surface area contributed by atoms with Crippen molar-refractivity contribution in [1.29, 1.82) is 0 Å². The number of carboxylic acids is 1. The summed E-state index contributed by atoms with van der Waals surface area (Å²) in [7, 11) is 0. The molecule has 1 saturated heterocycles. The number of urea groups is 1. The van der Waals surface area contributed by atoms with Crippen LogP contribution in [-0.4, -0.2) is 41.1 Å². The lowest BCUT2D eigenvalue weighted by Crippen LogP contribution is -2.50. The molecular formula is C19H28N2O3. The van der Waals surface area contributed by atoms with Crippen molar-refractivity contribution >= 4 is 12.0 Å². The Morgan fingerprint density at radius 2 is 1.83 bits per heavy atom. The zero-order valence-electron chi connectivity index (χ0n) is 14.6. The molecule has 5 nitrogen and oxygen atoms in total. The highest BCUT2D eigenvalue weighted by atomic mass is 16.4. The predicted molar refractivity (Wildman–Crippen MR) is 93.9 cm³/mol. The van der Waals surface area contributed by atoms with Gasteiger partial charge in [-0.3, -0.25) is 0 Å². The Morgan fingerprint density at radius 3 is 2.38 bits per heavy atom. The third-order valence-corrected chi connectivity index (χ3v) is 4.57. The Bertz CT molecular complexity index is 537. The van der Waals surface area contributed by atoms with Gasteiger partial charge in [0.15, 0.2) is 0 Å². The van der Waals surface area contributed by atoms with Crippen molar-refractivity contribution in [3.05, 3.63) is 35.9 Å². The summed E-state index contributed by atoms with van der Waals surface area (Å²) in [5.74, 6) is -0.151. The molecule has 2 amide bonds. The maximum absolute atomic E-state index is 12.3. The van der Waals surface area contributed by atoms with Crippen molar-refractivity contribution in [3.63, 3.8) is 0 Å². The first-order valence-electron chi connectivity index (χ1n) is 8.78. The summed E-state index contributed by atoms with van der Waals surface area (Å²) in [5.41, 5.74) is 1.34. The van der Waals surface area contributed by atoms with Crippen LogP contribution < -0.4 is 5.32 Å². The lowest BCUT2D eigenvalue weighted by Gasteiger charge is -2.33. The second kappa shape index (κ2) is 8.71. The molecule has 1 aliphatic rings. The number of hydrogen-bond donors (Lipinski definition) is 2. The van der Waals surface area contributed by atoms with Gasteiger partial charge in [-0.05, 0) is 43.1 Å². The number of nitrogens with zero attached hydrogens (tertiary/aromatic N) is 1. The quantitative estimate of drug-likeness (QED) is 0.841. The first kappa shape index (κ1) is 18.3. The monoisotopic (exact) mass is 332 g/mol. The van der Waals surface area contributed by atoms with E-state index in [-0.39, 0.29) is 11.9 Å². The number of benzene rings is 1. The van der Waals surface area contributed by atoms with E-state index in [2.05, 4.69) is 29.6 Å². The first-order chi connectivity index (χ1) is 11.5. The number of carbonyl (C=O) groups excluding carboxylic acids is 1. The minimum atomic E-state index is -0.962. The third-order valence-electron chi connectivity index (χ3n) is 4.57. The van der Waals surface area contributed by atoms with Crippen molar-refractivity contribution in [1.82, 2.24) is 10.2 Å². The van der Waals surface area contributed by atoms with Gasteiger partial charge in [-0.2, -0.15) is 0 Å². The SMILES string of the molecule is CC(C)C[C@H](NC(=O)N1CCC(Cc2ccccc2)CC1)C(=O)O. The maximum atomic E-state index is 12.3. The number of amides is 2. The summed E-state index contributed by atoms with van der Waals surface area (Å²) in [5, 5.41) is 11.9. The van der Waals surface area contributed by atoms with E-state index >= 15 is 0 Å². The van der Waals surface area contributed by atoms with Gasteiger partial charge in [0.1, 0.15) is 6.04 Å². The summed E-state index contributed by atoms with van der Waals surface area (Å²) < 4.78 is 0. The maximum Gasteiger partial charge on any atom is 0.326 e. The molecule has 0 aromatic heterocycles. The van der Waals surface area contributed by atoms with E-state index in [9.17, 15) is 14.7 Å². The molecular weight excluding hydrogens is 304 g/mol. The predicted octanol–water partition coefficient (Wildman–Crippen LogP) is 3.15. The number of carboxylic acid groups (broad SMARTS) is 1. The van der Waals surface area contributed by atoms with E-state index < -0.39 is 12.0 Å². The van der Waals surface area contributed by atoms with Gasteiger partial charge in [0.25, 0.3) is 0 Å². The van der Waals surface area contributed by atoms with Crippen LogP contribution in [0.4, 0.5) is 4.79 Å². The van der Waals surface area contributed by atoms with Crippen LogP contribution in [0.1, 0.15) is 38.7 Å². The fraction of sp³-hybridized carbons (Fsp3) is 0.579. The molecule has 2 N–H and O–H groups in total. The van der Waals surface area contributed by atoms with Crippen molar-refractivity contribution in [3.8, 4) is 0 Å². The fourth-order valence-electron chi connectivity index (χ4n) is 3.22. The molecule has 1 aromatic carbocycles. The van der Waals surface area contributed by atoms with Gasteiger partial charge in [0, 0.05) is 13.1 Å². The Labute approximate surface area is 144 Å². The molecule has 1 heterocycles. The molecule has 5 heteroatoms.